The quantitative estimate of drug-likeness (QED) is 0.650. The van der Waals surface area contributed by atoms with Crippen molar-refractivity contribution in [3.63, 3.8) is 0 Å². The molecule has 0 atom stereocenters. The maximum absolute atomic E-state index is 6.21. The molecule has 0 N–H and O–H groups in total. The summed E-state index contributed by atoms with van der Waals surface area (Å²) in [5.41, 5.74) is 0. The minimum Gasteiger partial charge on any atom is -0.291 e. The Hall–Kier alpha value is -1.01. The number of fused-ring (bicyclic) bond motifs is 1. The van der Waals surface area contributed by atoms with Gasteiger partial charge >= 0.3 is 0 Å². The summed E-state index contributed by atoms with van der Waals surface area (Å²) < 4.78 is 0. The first-order valence-electron chi connectivity index (χ1n) is 6.40. The molecule has 3 aromatic rings. The van der Waals surface area contributed by atoms with Crippen LogP contribution in [0.25, 0.3) is 10.2 Å². The standard InChI is InChI=1S/C14H14ClN3S2/c1-2-18(8-10-4-3-6-19-10)9-12-16-13(15)11-5-7-20-14(11)17-12/h3-7H,2,8-9H2,1H3. The van der Waals surface area contributed by atoms with E-state index in [1.165, 1.54) is 4.88 Å². The molecule has 0 fully saturated rings. The summed E-state index contributed by atoms with van der Waals surface area (Å²) >= 11 is 9.59. The zero-order valence-electron chi connectivity index (χ0n) is 11.0. The SMILES string of the molecule is CCN(Cc1nc(Cl)c2ccsc2n1)Cc1cccs1. The van der Waals surface area contributed by atoms with Crippen molar-refractivity contribution in [3.05, 3.63) is 44.8 Å². The van der Waals surface area contributed by atoms with Crippen molar-refractivity contribution in [1.29, 1.82) is 0 Å². The van der Waals surface area contributed by atoms with Crippen molar-refractivity contribution < 1.29 is 0 Å². The molecule has 0 aliphatic heterocycles. The van der Waals surface area contributed by atoms with Crippen LogP contribution in [0.2, 0.25) is 5.15 Å². The van der Waals surface area contributed by atoms with Crippen LogP contribution < -0.4 is 0 Å². The topological polar surface area (TPSA) is 29.0 Å². The highest BCUT2D eigenvalue weighted by Crippen LogP contribution is 2.25. The minimum atomic E-state index is 0.554. The third-order valence-electron chi connectivity index (χ3n) is 3.10. The fourth-order valence-corrected chi connectivity index (χ4v) is 3.87. The average molecular weight is 324 g/mol. The zero-order valence-corrected chi connectivity index (χ0v) is 13.4. The highest BCUT2D eigenvalue weighted by molar-refractivity contribution is 7.16. The molecule has 0 radical (unpaired) electrons. The Morgan fingerprint density at radius 1 is 1.15 bits per heavy atom. The van der Waals surface area contributed by atoms with Crippen LogP contribution in [-0.4, -0.2) is 21.4 Å². The lowest BCUT2D eigenvalue weighted by molar-refractivity contribution is 0.267. The van der Waals surface area contributed by atoms with Crippen LogP contribution in [0.3, 0.4) is 0 Å². The maximum atomic E-state index is 6.21. The van der Waals surface area contributed by atoms with E-state index in [1.54, 1.807) is 22.7 Å². The number of aromatic nitrogens is 2. The third kappa shape index (κ3) is 3.01. The predicted molar refractivity (Wildman–Crippen MR) is 86.5 cm³/mol. The molecule has 0 saturated carbocycles. The summed E-state index contributed by atoms with van der Waals surface area (Å²) in [5, 5.41) is 5.60. The van der Waals surface area contributed by atoms with Gasteiger partial charge in [-0.05, 0) is 29.4 Å². The van der Waals surface area contributed by atoms with Crippen LogP contribution in [0, 0.1) is 0 Å². The molecule has 0 spiro atoms. The second-order valence-corrected chi connectivity index (χ2v) is 6.74. The molecule has 0 amide bonds. The minimum absolute atomic E-state index is 0.554. The molecular weight excluding hydrogens is 310 g/mol. The Kier molecular flexibility index (Phi) is 4.31. The first-order valence-corrected chi connectivity index (χ1v) is 8.54. The van der Waals surface area contributed by atoms with Crippen molar-refractivity contribution in [2.75, 3.05) is 6.54 Å². The molecule has 0 aliphatic carbocycles. The van der Waals surface area contributed by atoms with E-state index in [9.17, 15) is 0 Å². The van der Waals surface area contributed by atoms with E-state index < -0.39 is 0 Å². The van der Waals surface area contributed by atoms with Crippen LogP contribution in [0.4, 0.5) is 0 Å². The molecule has 0 saturated heterocycles. The number of hydrogen-bond acceptors (Lipinski definition) is 5. The largest absolute Gasteiger partial charge is 0.291 e. The van der Waals surface area contributed by atoms with E-state index in [-0.39, 0.29) is 0 Å². The highest BCUT2D eigenvalue weighted by atomic mass is 35.5. The molecule has 3 aromatic heterocycles. The lowest BCUT2D eigenvalue weighted by Gasteiger charge is -2.18. The fourth-order valence-electron chi connectivity index (χ4n) is 2.03. The summed E-state index contributed by atoms with van der Waals surface area (Å²) in [5.74, 6) is 0.795. The van der Waals surface area contributed by atoms with Crippen LogP contribution in [0.5, 0.6) is 0 Å². The van der Waals surface area contributed by atoms with E-state index in [1.807, 2.05) is 11.4 Å². The summed E-state index contributed by atoms with van der Waals surface area (Å²) in [6.45, 7) is 4.76. The van der Waals surface area contributed by atoms with Gasteiger partial charge in [0.2, 0.25) is 0 Å². The molecule has 104 valence electrons. The van der Waals surface area contributed by atoms with Gasteiger partial charge in [0, 0.05) is 16.8 Å². The van der Waals surface area contributed by atoms with Gasteiger partial charge in [-0.15, -0.1) is 22.7 Å². The lowest BCUT2D eigenvalue weighted by Crippen LogP contribution is -2.23. The van der Waals surface area contributed by atoms with Crippen LogP contribution in [-0.2, 0) is 13.1 Å². The van der Waals surface area contributed by atoms with Crippen LogP contribution in [0.15, 0.2) is 29.0 Å². The molecular formula is C14H14ClN3S2. The fraction of sp³-hybridized carbons (Fsp3) is 0.286. The highest BCUT2D eigenvalue weighted by Gasteiger charge is 2.11. The monoisotopic (exact) mass is 323 g/mol. The molecule has 3 nitrogen and oxygen atoms in total. The number of halogens is 1. The summed E-state index contributed by atoms with van der Waals surface area (Å²) in [6.07, 6.45) is 0. The van der Waals surface area contributed by atoms with E-state index in [0.29, 0.717) is 5.15 Å². The number of rotatable bonds is 5. The van der Waals surface area contributed by atoms with Gasteiger partial charge in [0.1, 0.15) is 15.8 Å². The first-order chi connectivity index (χ1) is 9.76. The van der Waals surface area contributed by atoms with Gasteiger partial charge in [-0.2, -0.15) is 0 Å². The normalized spacial score (nSPS) is 11.6. The van der Waals surface area contributed by atoms with Crippen molar-refractivity contribution in [3.8, 4) is 0 Å². The molecule has 20 heavy (non-hydrogen) atoms. The first kappa shape index (κ1) is 13.9. The van der Waals surface area contributed by atoms with E-state index in [4.69, 9.17) is 11.6 Å². The Morgan fingerprint density at radius 2 is 2.05 bits per heavy atom. The Balaban J connectivity index is 1.79. The van der Waals surface area contributed by atoms with Crippen LogP contribution in [0.1, 0.15) is 17.6 Å². The Labute approximate surface area is 130 Å². The zero-order chi connectivity index (χ0) is 13.9. The average Bonchev–Trinajstić information content (AvgIpc) is 3.08. The molecule has 0 aliphatic rings. The van der Waals surface area contributed by atoms with E-state index in [2.05, 4.69) is 39.3 Å². The van der Waals surface area contributed by atoms with Crippen molar-refractivity contribution in [2.24, 2.45) is 0 Å². The van der Waals surface area contributed by atoms with Crippen molar-refractivity contribution in [2.45, 2.75) is 20.0 Å². The van der Waals surface area contributed by atoms with Gasteiger partial charge in [-0.1, -0.05) is 24.6 Å². The van der Waals surface area contributed by atoms with Gasteiger partial charge in [-0.25, -0.2) is 9.97 Å². The summed E-state index contributed by atoms with van der Waals surface area (Å²) in [7, 11) is 0. The molecule has 3 rings (SSSR count). The molecule has 0 bridgehead atoms. The lowest BCUT2D eigenvalue weighted by atomic mass is 10.3. The number of thiophene rings is 2. The maximum Gasteiger partial charge on any atom is 0.145 e. The van der Waals surface area contributed by atoms with Crippen molar-refractivity contribution >= 4 is 44.5 Å². The van der Waals surface area contributed by atoms with E-state index >= 15 is 0 Å². The van der Waals surface area contributed by atoms with Gasteiger partial charge < -0.3 is 0 Å². The van der Waals surface area contributed by atoms with Gasteiger partial charge in [0.15, 0.2) is 0 Å². The number of hydrogen-bond donors (Lipinski definition) is 0. The summed E-state index contributed by atoms with van der Waals surface area (Å²) in [4.78, 5) is 13.6. The van der Waals surface area contributed by atoms with Crippen molar-refractivity contribution in [1.82, 2.24) is 14.9 Å². The second-order valence-electron chi connectivity index (χ2n) is 4.45. The molecule has 0 aromatic carbocycles. The predicted octanol–water partition coefficient (Wildman–Crippen LogP) is 4.43. The van der Waals surface area contributed by atoms with Gasteiger partial charge in [-0.3, -0.25) is 4.90 Å². The Bertz CT molecular complexity index is 694. The van der Waals surface area contributed by atoms with Gasteiger partial charge in [0.25, 0.3) is 0 Å². The second kappa shape index (κ2) is 6.18. The third-order valence-corrected chi connectivity index (χ3v) is 5.05. The number of nitrogens with zero attached hydrogens (tertiary/aromatic N) is 3. The smallest absolute Gasteiger partial charge is 0.145 e. The Morgan fingerprint density at radius 3 is 2.80 bits per heavy atom. The molecule has 3 heterocycles. The molecule has 0 unspecified atom stereocenters. The molecule has 6 heteroatoms. The van der Waals surface area contributed by atoms with Crippen LogP contribution >= 0.6 is 34.3 Å². The summed E-state index contributed by atoms with van der Waals surface area (Å²) in [6, 6.07) is 6.21. The van der Waals surface area contributed by atoms with E-state index in [0.717, 1.165) is 35.7 Å². The van der Waals surface area contributed by atoms with Gasteiger partial charge in [0.05, 0.1) is 6.54 Å².